The molecule has 1 atom stereocenters. The van der Waals surface area contributed by atoms with Gasteiger partial charge in [-0.2, -0.15) is 0 Å². The number of amides is 2. The van der Waals surface area contributed by atoms with E-state index in [2.05, 4.69) is 10.6 Å². The molecular weight excluding hydrogens is 422 g/mol. The smallest absolute Gasteiger partial charge is 0.338 e. The lowest BCUT2D eigenvalue weighted by atomic mass is 10.0. The van der Waals surface area contributed by atoms with Crippen molar-refractivity contribution < 1.29 is 18.7 Å². The van der Waals surface area contributed by atoms with Gasteiger partial charge in [-0.15, -0.1) is 0 Å². The second-order valence-corrected chi connectivity index (χ2v) is 8.26. The zero-order chi connectivity index (χ0) is 24.1. The third-order valence-electron chi connectivity index (χ3n) is 5.22. The Morgan fingerprint density at radius 2 is 1.85 bits per heavy atom. The maximum Gasteiger partial charge on any atom is 0.338 e. The molecule has 33 heavy (non-hydrogen) atoms. The van der Waals surface area contributed by atoms with E-state index in [9.17, 15) is 14.4 Å². The van der Waals surface area contributed by atoms with E-state index in [1.807, 2.05) is 44.0 Å². The van der Waals surface area contributed by atoms with Gasteiger partial charge in [0.2, 0.25) is 11.8 Å². The first-order chi connectivity index (χ1) is 15.7. The van der Waals surface area contributed by atoms with Crippen molar-refractivity contribution in [2.75, 3.05) is 24.4 Å². The maximum atomic E-state index is 13.0. The molecule has 0 aliphatic carbocycles. The SMILES string of the molecule is COc1ccc(N(C)c2cc(=O)oc3ccccc23)cc1NC(=O)[C@H](CC(C)C)NC(C)=O. The molecule has 8 heteroatoms. The van der Waals surface area contributed by atoms with Crippen LogP contribution in [0.5, 0.6) is 5.75 Å². The van der Waals surface area contributed by atoms with Crippen LogP contribution < -0.4 is 25.9 Å². The number of rotatable bonds is 8. The molecule has 1 heterocycles. The predicted molar refractivity (Wildman–Crippen MR) is 129 cm³/mol. The number of para-hydroxylation sites is 1. The fourth-order valence-corrected chi connectivity index (χ4v) is 3.68. The Bertz CT molecular complexity index is 1220. The van der Waals surface area contributed by atoms with Crippen LogP contribution >= 0.6 is 0 Å². The Balaban J connectivity index is 1.96. The molecule has 0 saturated carbocycles. The van der Waals surface area contributed by atoms with Crippen molar-refractivity contribution in [3.8, 4) is 5.75 Å². The van der Waals surface area contributed by atoms with Gasteiger partial charge in [0.25, 0.3) is 0 Å². The summed E-state index contributed by atoms with van der Waals surface area (Å²) >= 11 is 0. The Morgan fingerprint density at radius 3 is 2.52 bits per heavy atom. The first-order valence-electron chi connectivity index (χ1n) is 10.7. The van der Waals surface area contributed by atoms with Gasteiger partial charge in [0, 0.05) is 31.1 Å². The molecule has 0 radical (unpaired) electrons. The Hall–Kier alpha value is -3.81. The highest BCUT2D eigenvalue weighted by atomic mass is 16.5. The third kappa shape index (κ3) is 5.71. The van der Waals surface area contributed by atoms with Gasteiger partial charge in [0.1, 0.15) is 17.4 Å². The molecule has 3 rings (SSSR count). The summed E-state index contributed by atoms with van der Waals surface area (Å²) in [6.07, 6.45) is 0.499. The Kier molecular flexibility index (Phi) is 7.37. The van der Waals surface area contributed by atoms with Crippen LogP contribution in [0.25, 0.3) is 11.0 Å². The number of carbonyl (C=O) groups excluding carboxylic acids is 2. The normalized spacial score (nSPS) is 11.8. The average molecular weight is 452 g/mol. The fraction of sp³-hybridized carbons (Fsp3) is 0.320. The van der Waals surface area contributed by atoms with Crippen LogP contribution in [-0.4, -0.2) is 32.0 Å². The molecule has 2 aromatic carbocycles. The van der Waals surface area contributed by atoms with Gasteiger partial charge < -0.3 is 24.7 Å². The van der Waals surface area contributed by atoms with Crippen LogP contribution in [0, 0.1) is 5.92 Å². The van der Waals surface area contributed by atoms with Crippen molar-refractivity contribution >= 4 is 39.8 Å². The summed E-state index contributed by atoms with van der Waals surface area (Å²) in [6.45, 7) is 5.36. The van der Waals surface area contributed by atoms with Crippen LogP contribution in [-0.2, 0) is 9.59 Å². The highest BCUT2D eigenvalue weighted by Crippen LogP contribution is 2.34. The highest BCUT2D eigenvalue weighted by molar-refractivity contribution is 5.99. The minimum Gasteiger partial charge on any atom is -0.495 e. The van der Waals surface area contributed by atoms with E-state index in [4.69, 9.17) is 9.15 Å². The van der Waals surface area contributed by atoms with Crippen LogP contribution in [0.3, 0.4) is 0 Å². The second-order valence-electron chi connectivity index (χ2n) is 8.26. The number of anilines is 3. The summed E-state index contributed by atoms with van der Waals surface area (Å²) in [6, 6.07) is 13.4. The largest absolute Gasteiger partial charge is 0.495 e. The van der Waals surface area contributed by atoms with E-state index in [0.717, 1.165) is 11.1 Å². The number of carbonyl (C=O) groups is 2. The number of fused-ring (bicyclic) bond motifs is 1. The topological polar surface area (TPSA) is 101 Å². The molecule has 0 aliphatic heterocycles. The summed E-state index contributed by atoms with van der Waals surface area (Å²) in [4.78, 5) is 38.5. The first-order valence-corrected chi connectivity index (χ1v) is 10.7. The number of methoxy groups -OCH3 is 1. The van der Waals surface area contributed by atoms with E-state index >= 15 is 0 Å². The quantitative estimate of drug-likeness (QED) is 0.501. The molecule has 0 bridgehead atoms. The Labute approximate surface area is 192 Å². The lowest BCUT2D eigenvalue weighted by Crippen LogP contribution is -2.43. The zero-order valence-corrected chi connectivity index (χ0v) is 19.5. The van der Waals surface area contributed by atoms with Crippen molar-refractivity contribution in [1.82, 2.24) is 5.32 Å². The molecular formula is C25H29N3O5. The van der Waals surface area contributed by atoms with E-state index < -0.39 is 11.7 Å². The minimum atomic E-state index is -0.670. The minimum absolute atomic E-state index is 0.213. The zero-order valence-electron chi connectivity index (χ0n) is 19.5. The third-order valence-corrected chi connectivity index (χ3v) is 5.22. The summed E-state index contributed by atoms with van der Waals surface area (Å²) in [5, 5.41) is 6.37. The van der Waals surface area contributed by atoms with Gasteiger partial charge in [0.05, 0.1) is 18.5 Å². The van der Waals surface area contributed by atoms with Crippen molar-refractivity contribution in [3.63, 3.8) is 0 Å². The average Bonchev–Trinajstić information content (AvgIpc) is 2.76. The van der Waals surface area contributed by atoms with Crippen molar-refractivity contribution in [3.05, 3.63) is 59.0 Å². The van der Waals surface area contributed by atoms with Crippen molar-refractivity contribution in [2.24, 2.45) is 5.92 Å². The molecule has 2 amide bonds. The number of benzene rings is 2. The van der Waals surface area contributed by atoms with Crippen LogP contribution in [0.2, 0.25) is 0 Å². The van der Waals surface area contributed by atoms with Gasteiger partial charge in [-0.1, -0.05) is 26.0 Å². The standard InChI is InChI=1S/C25H29N3O5/c1-15(2)12-20(26-16(3)29)25(31)27-19-13-17(10-11-23(19)32-5)28(4)21-14-24(30)33-22-9-7-6-8-18(21)22/h6-11,13-15,20H,12H2,1-5H3,(H,26,29)(H,27,31)/t20-/m0/s1. The number of nitrogens with one attached hydrogen (secondary N) is 2. The second kappa shape index (κ2) is 10.2. The Morgan fingerprint density at radius 1 is 1.12 bits per heavy atom. The number of hydrogen-bond acceptors (Lipinski definition) is 6. The van der Waals surface area contributed by atoms with Crippen molar-refractivity contribution in [2.45, 2.75) is 33.2 Å². The van der Waals surface area contributed by atoms with Gasteiger partial charge >= 0.3 is 5.63 Å². The fourth-order valence-electron chi connectivity index (χ4n) is 3.68. The number of nitrogens with zero attached hydrogens (tertiary/aromatic N) is 1. The van der Waals surface area contributed by atoms with E-state index in [1.165, 1.54) is 20.1 Å². The predicted octanol–water partition coefficient (Wildman–Crippen LogP) is 4.06. The van der Waals surface area contributed by atoms with Gasteiger partial charge in [-0.05, 0) is 42.7 Å². The molecule has 8 nitrogen and oxygen atoms in total. The summed E-state index contributed by atoms with van der Waals surface area (Å²) in [5.41, 5.74) is 1.88. The first kappa shape index (κ1) is 23.8. The van der Waals surface area contributed by atoms with Crippen molar-refractivity contribution in [1.29, 1.82) is 0 Å². The maximum absolute atomic E-state index is 13.0. The lowest BCUT2D eigenvalue weighted by Gasteiger charge is -2.23. The lowest BCUT2D eigenvalue weighted by molar-refractivity contribution is -0.125. The summed E-state index contributed by atoms with van der Waals surface area (Å²) in [7, 11) is 3.34. The molecule has 0 unspecified atom stereocenters. The number of ether oxygens (including phenoxy) is 1. The molecule has 1 aromatic heterocycles. The van der Waals surface area contributed by atoms with E-state index in [-0.39, 0.29) is 17.7 Å². The molecule has 0 saturated heterocycles. The van der Waals surface area contributed by atoms with E-state index in [0.29, 0.717) is 29.1 Å². The van der Waals surface area contributed by atoms with Crippen LogP contribution in [0.1, 0.15) is 27.2 Å². The molecule has 174 valence electrons. The van der Waals surface area contributed by atoms with Crippen LogP contribution in [0.4, 0.5) is 17.1 Å². The monoisotopic (exact) mass is 451 g/mol. The van der Waals surface area contributed by atoms with Gasteiger partial charge in [0.15, 0.2) is 0 Å². The van der Waals surface area contributed by atoms with Gasteiger partial charge in [-0.25, -0.2) is 4.79 Å². The molecule has 3 aromatic rings. The number of hydrogen-bond donors (Lipinski definition) is 2. The molecule has 2 N–H and O–H groups in total. The summed E-state index contributed by atoms with van der Waals surface area (Å²) < 4.78 is 10.7. The van der Waals surface area contributed by atoms with Gasteiger partial charge in [-0.3, -0.25) is 9.59 Å². The summed E-state index contributed by atoms with van der Waals surface area (Å²) in [5.74, 6) is 0.0860. The highest BCUT2D eigenvalue weighted by Gasteiger charge is 2.22. The molecule has 0 aliphatic rings. The molecule has 0 fully saturated rings. The molecule has 0 spiro atoms. The van der Waals surface area contributed by atoms with Crippen LogP contribution in [0.15, 0.2) is 57.7 Å². The van der Waals surface area contributed by atoms with E-state index in [1.54, 1.807) is 24.3 Å².